The lowest BCUT2D eigenvalue weighted by atomic mass is 9.76. The van der Waals surface area contributed by atoms with E-state index >= 15 is 0 Å². The van der Waals surface area contributed by atoms with E-state index in [1.807, 2.05) is 0 Å². The Kier molecular flexibility index (Phi) is 7.08. The Labute approximate surface area is 148 Å². The normalized spacial score (nSPS) is 25.5. The van der Waals surface area contributed by atoms with Crippen molar-refractivity contribution in [2.45, 2.75) is 59.1 Å². The van der Waals surface area contributed by atoms with Crippen molar-refractivity contribution in [2.24, 2.45) is 11.3 Å². The van der Waals surface area contributed by atoms with Gasteiger partial charge in [-0.1, -0.05) is 13.8 Å². The number of ether oxygens (including phenoxy) is 1. The van der Waals surface area contributed by atoms with Gasteiger partial charge in [0.05, 0.1) is 11.5 Å². The third-order valence-electron chi connectivity index (χ3n) is 5.73. The van der Waals surface area contributed by atoms with Crippen molar-refractivity contribution in [2.75, 3.05) is 46.4 Å². The average Bonchev–Trinajstić information content (AvgIpc) is 3.00. The van der Waals surface area contributed by atoms with Crippen molar-refractivity contribution in [1.29, 1.82) is 0 Å². The number of nitrogens with one attached hydrogen (secondary N) is 1. The standard InChI is InChI=1S/C19H37N3O2/c1-15(2)12-20-18(23)19(7-10-22(11-8-19)16(3)4)14-21-9-6-17(13-21)24-5/h15-17H,6-14H2,1-5H3,(H,20,23). The summed E-state index contributed by atoms with van der Waals surface area (Å²) in [5, 5.41) is 3.22. The Morgan fingerprint density at radius 2 is 1.88 bits per heavy atom. The first-order valence-corrected chi connectivity index (χ1v) is 9.64. The monoisotopic (exact) mass is 339 g/mol. The highest BCUT2D eigenvalue weighted by Gasteiger charge is 2.43. The molecule has 0 saturated carbocycles. The molecule has 1 amide bonds. The summed E-state index contributed by atoms with van der Waals surface area (Å²) in [5.41, 5.74) is -0.233. The van der Waals surface area contributed by atoms with Crippen molar-refractivity contribution in [3.8, 4) is 0 Å². The summed E-state index contributed by atoms with van der Waals surface area (Å²) in [6.07, 6.45) is 3.33. The first-order valence-electron chi connectivity index (χ1n) is 9.64. The number of methoxy groups -OCH3 is 1. The number of carbonyl (C=O) groups excluding carboxylic acids is 1. The number of amides is 1. The maximum atomic E-state index is 13.1. The van der Waals surface area contributed by atoms with E-state index in [0.717, 1.165) is 58.5 Å². The van der Waals surface area contributed by atoms with Gasteiger partial charge in [-0.2, -0.15) is 0 Å². The van der Waals surface area contributed by atoms with Crippen LogP contribution in [0.1, 0.15) is 47.0 Å². The second-order valence-corrected chi connectivity index (χ2v) is 8.40. The lowest BCUT2D eigenvalue weighted by Crippen LogP contribution is -2.55. The van der Waals surface area contributed by atoms with Gasteiger partial charge in [0.25, 0.3) is 0 Å². The Bertz CT molecular complexity index is 403. The molecule has 24 heavy (non-hydrogen) atoms. The van der Waals surface area contributed by atoms with Crippen molar-refractivity contribution in [1.82, 2.24) is 15.1 Å². The highest BCUT2D eigenvalue weighted by atomic mass is 16.5. The van der Waals surface area contributed by atoms with Crippen LogP contribution in [-0.4, -0.2) is 74.2 Å². The van der Waals surface area contributed by atoms with Crippen LogP contribution >= 0.6 is 0 Å². The summed E-state index contributed by atoms with van der Waals surface area (Å²) in [5.74, 6) is 0.756. The van der Waals surface area contributed by atoms with Crippen LogP contribution < -0.4 is 5.32 Å². The van der Waals surface area contributed by atoms with E-state index in [9.17, 15) is 4.79 Å². The SMILES string of the molecule is COC1CCN(CC2(C(=O)NCC(C)C)CCN(C(C)C)CC2)C1. The molecule has 0 radical (unpaired) electrons. The fourth-order valence-corrected chi connectivity index (χ4v) is 3.97. The number of rotatable bonds is 7. The molecule has 0 spiro atoms. The predicted molar refractivity (Wildman–Crippen MR) is 98.1 cm³/mol. The third-order valence-corrected chi connectivity index (χ3v) is 5.73. The van der Waals surface area contributed by atoms with Crippen molar-refractivity contribution in [3.05, 3.63) is 0 Å². The van der Waals surface area contributed by atoms with Gasteiger partial charge in [0.15, 0.2) is 0 Å². The topological polar surface area (TPSA) is 44.8 Å². The maximum absolute atomic E-state index is 13.1. The summed E-state index contributed by atoms with van der Waals surface area (Å²) in [6, 6.07) is 0.561. The molecule has 5 nitrogen and oxygen atoms in total. The number of likely N-dealkylation sites (tertiary alicyclic amines) is 2. The third kappa shape index (κ3) is 4.93. The molecule has 0 aromatic carbocycles. The van der Waals surface area contributed by atoms with E-state index in [2.05, 4.69) is 42.8 Å². The van der Waals surface area contributed by atoms with Crippen LogP contribution in [0.2, 0.25) is 0 Å². The molecule has 2 heterocycles. The first kappa shape index (κ1) is 19.7. The van der Waals surface area contributed by atoms with Gasteiger partial charge in [0.2, 0.25) is 5.91 Å². The van der Waals surface area contributed by atoms with Gasteiger partial charge >= 0.3 is 0 Å². The number of piperidine rings is 1. The maximum Gasteiger partial charge on any atom is 0.227 e. The molecule has 2 saturated heterocycles. The van der Waals surface area contributed by atoms with E-state index in [-0.39, 0.29) is 11.3 Å². The van der Waals surface area contributed by atoms with E-state index in [0.29, 0.717) is 18.1 Å². The van der Waals surface area contributed by atoms with Crippen LogP contribution in [0.4, 0.5) is 0 Å². The zero-order valence-electron chi connectivity index (χ0n) is 16.3. The zero-order valence-corrected chi connectivity index (χ0v) is 16.3. The minimum absolute atomic E-state index is 0.233. The molecule has 1 atom stereocenters. The van der Waals surface area contributed by atoms with E-state index < -0.39 is 0 Å². The lowest BCUT2D eigenvalue weighted by molar-refractivity contribution is -0.135. The van der Waals surface area contributed by atoms with Crippen LogP contribution in [0.5, 0.6) is 0 Å². The van der Waals surface area contributed by atoms with Crippen LogP contribution in [0.15, 0.2) is 0 Å². The molecule has 0 aliphatic carbocycles. The minimum atomic E-state index is -0.233. The highest BCUT2D eigenvalue weighted by molar-refractivity contribution is 5.83. The Balaban J connectivity index is 2.03. The van der Waals surface area contributed by atoms with Gasteiger partial charge in [-0.3, -0.25) is 9.69 Å². The van der Waals surface area contributed by atoms with Crippen LogP contribution in [0.3, 0.4) is 0 Å². The largest absolute Gasteiger partial charge is 0.380 e. The van der Waals surface area contributed by atoms with Crippen molar-refractivity contribution < 1.29 is 9.53 Å². The summed E-state index contributed by atoms with van der Waals surface area (Å²) in [7, 11) is 1.79. The number of carbonyl (C=O) groups is 1. The zero-order chi connectivity index (χ0) is 17.7. The fraction of sp³-hybridized carbons (Fsp3) is 0.947. The van der Waals surface area contributed by atoms with E-state index in [1.54, 1.807) is 7.11 Å². The summed E-state index contributed by atoms with van der Waals surface area (Å²) in [4.78, 5) is 18.0. The van der Waals surface area contributed by atoms with Crippen molar-refractivity contribution >= 4 is 5.91 Å². The molecule has 0 aromatic rings. The van der Waals surface area contributed by atoms with Gasteiger partial charge in [0.1, 0.15) is 0 Å². The molecule has 2 aliphatic rings. The lowest BCUT2D eigenvalue weighted by Gasteiger charge is -2.44. The average molecular weight is 340 g/mol. The molecule has 1 N–H and O–H groups in total. The molecule has 0 aromatic heterocycles. The molecule has 2 rings (SSSR count). The smallest absolute Gasteiger partial charge is 0.227 e. The van der Waals surface area contributed by atoms with Crippen LogP contribution in [-0.2, 0) is 9.53 Å². The fourth-order valence-electron chi connectivity index (χ4n) is 3.97. The van der Waals surface area contributed by atoms with E-state index in [1.165, 1.54) is 0 Å². The highest BCUT2D eigenvalue weighted by Crippen LogP contribution is 2.35. The van der Waals surface area contributed by atoms with Gasteiger partial charge in [-0.05, 0) is 52.1 Å². The number of hydrogen-bond acceptors (Lipinski definition) is 4. The number of nitrogens with zero attached hydrogens (tertiary/aromatic N) is 2. The van der Waals surface area contributed by atoms with Crippen LogP contribution in [0.25, 0.3) is 0 Å². The molecular formula is C19H37N3O2. The molecule has 5 heteroatoms. The molecule has 2 aliphatic heterocycles. The Morgan fingerprint density at radius 1 is 1.21 bits per heavy atom. The quantitative estimate of drug-likeness (QED) is 0.770. The van der Waals surface area contributed by atoms with Crippen LogP contribution in [0, 0.1) is 11.3 Å². The minimum Gasteiger partial charge on any atom is -0.380 e. The van der Waals surface area contributed by atoms with Gasteiger partial charge in [-0.15, -0.1) is 0 Å². The van der Waals surface area contributed by atoms with Gasteiger partial charge in [-0.25, -0.2) is 0 Å². The van der Waals surface area contributed by atoms with E-state index in [4.69, 9.17) is 4.74 Å². The Morgan fingerprint density at radius 3 is 2.38 bits per heavy atom. The summed E-state index contributed by atoms with van der Waals surface area (Å²) in [6.45, 7) is 14.5. The van der Waals surface area contributed by atoms with Gasteiger partial charge in [0, 0.05) is 39.3 Å². The second kappa shape index (κ2) is 8.63. The molecule has 2 fully saturated rings. The van der Waals surface area contributed by atoms with Gasteiger partial charge < -0.3 is 15.0 Å². The first-order chi connectivity index (χ1) is 11.4. The summed E-state index contributed by atoms with van der Waals surface area (Å²) < 4.78 is 5.50. The predicted octanol–water partition coefficient (Wildman–Crippen LogP) is 1.97. The molecular weight excluding hydrogens is 302 g/mol. The molecule has 1 unspecified atom stereocenters. The number of hydrogen-bond donors (Lipinski definition) is 1. The Hall–Kier alpha value is -0.650. The molecule has 140 valence electrons. The van der Waals surface area contributed by atoms with Crippen molar-refractivity contribution in [3.63, 3.8) is 0 Å². The summed E-state index contributed by atoms with van der Waals surface area (Å²) >= 11 is 0. The molecule has 0 bridgehead atoms. The second-order valence-electron chi connectivity index (χ2n) is 8.40.